The smallest absolute Gasteiger partial charge is 0.343 e. The van der Waals surface area contributed by atoms with Crippen LogP contribution in [0.15, 0.2) is 12.1 Å². The Kier molecular flexibility index (Phi) is 4.15. The lowest BCUT2D eigenvalue weighted by molar-refractivity contribution is 0.0523. The Bertz CT molecular complexity index is 451. The minimum absolute atomic E-state index is 0.144. The van der Waals surface area contributed by atoms with Crippen molar-refractivity contribution in [2.75, 3.05) is 13.7 Å². The molecule has 1 aromatic carbocycles. The molecule has 0 aliphatic heterocycles. The fraction of sp³-hybridized carbons (Fsp3) is 0.273. The van der Waals surface area contributed by atoms with Gasteiger partial charge in [0.1, 0.15) is 11.3 Å². The average Bonchev–Trinajstić information content (AvgIpc) is 2.27. The Morgan fingerprint density at radius 2 is 2.25 bits per heavy atom. The van der Waals surface area contributed by atoms with Gasteiger partial charge >= 0.3 is 5.97 Å². The number of carbonyl (C=O) groups excluding carboxylic acids is 1. The molecule has 0 heterocycles. The van der Waals surface area contributed by atoms with E-state index in [0.717, 1.165) is 0 Å². The molecular weight excluding hydrogens is 230 g/mol. The lowest BCUT2D eigenvalue weighted by Crippen LogP contribution is -2.08. The van der Waals surface area contributed by atoms with Crippen LogP contribution >= 0.6 is 11.6 Å². The number of nitriles is 1. The summed E-state index contributed by atoms with van der Waals surface area (Å²) in [7, 11) is 1.40. The van der Waals surface area contributed by atoms with Gasteiger partial charge in [0.15, 0.2) is 0 Å². The first kappa shape index (κ1) is 12.3. The lowest BCUT2D eigenvalue weighted by Gasteiger charge is -2.09. The van der Waals surface area contributed by atoms with E-state index < -0.39 is 5.97 Å². The number of rotatable bonds is 3. The van der Waals surface area contributed by atoms with E-state index in [9.17, 15) is 4.79 Å². The summed E-state index contributed by atoms with van der Waals surface area (Å²) in [5.41, 5.74) is 0.472. The van der Waals surface area contributed by atoms with Gasteiger partial charge in [0.2, 0.25) is 0 Å². The van der Waals surface area contributed by atoms with Crippen LogP contribution in [0.1, 0.15) is 22.8 Å². The number of hydrogen-bond donors (Lipinski definition) is 0. The van der Waals surface area contributed by atoms with Crippen LogP contribution in [-0.2, 0) is 4.74 Å². The largest absolute Gasteiger partial charge is 0.496 e. The maximum Gasteiger partial charge on any atom is 0.343 e. The van der Waals surface area contributed by atoms with E-state index in [1.165, 1.54) is 19.2 Å². The second-order valence-corrected chi connectivity index (χ2v) is 3.27. The van der Waals surface area contributed by atoms with Crippen LogP contribution in [0, 0.1) is 11.3 Å². The van der Waals surface area contributed by atoms with Crippen LogP contribution in [0.5, 0.6) is 5.75 Å². The molecule has 84 valence electrons. The van der Waals surface area contributed by atoms with Crippen LogP contribution in [-0.4, -0.2) is 19.7 Å². The number of ether oxygens (including phenoxy) is 2. The van der Waals surface area contributed by atoms with Gasteiger partial charge in [-0.25, -0.2) is 4.79 Å². The van der Waals surface area contributed by atoms with Gasteiger partial charge in [0.05, 0.1) is 30.4 Å². The third kappa shape index (κ3) is 2.44. The molecule has 0 aliphatic rings. The Morgan fingerprint density at radius 1 is 1.56 bits per heavy atom. The van der Waals surface area contributed by atoms with Gasteiger partial charge in [-0.05, 0) is 19.1 Å². The minimum Gasteiger partial charge on any atom is -0.496 e. The minimum atomic E-state index is -0.561. The van der Waals surface area contributed by atoms with Gasteiger partial charge in [-0.15, -0.1) is 0 Å². The molecule has 0 spiro atoms. The maximum absolute atomic E-state index is 11.6. The van der Waals surface area contributed by atoms with Crippen molar-refractivity contribution in [2.45, 2.75) is 6.92 Å². The Morgan fingerprint density at radius 3 is 2.75 bits per heavy atom. The highest BCUT2D eigenvalue weighted by atomic mass is 35.5. The number of hydrogen-bond acceptors (Lipinski definition) is 4. The van der Waals surface area contributed by atoms with Crippen LogP contribution in [0.3, 0.4) is 0 Å². The van der Waals surface area contributed by atoms with Gasteiger partial charge in [-0.2, -0.15) is 5.26 Å². The number of esters is 1. The molecule has 0 radical (unpaired) electrons. The molecule has 0 N–H and O–H groups in total. The van der Waals surface area contributed by atoms with Crippen molar-refractivity contribution < 1.29 is 14.3 Å². The molecule has 4 nitrogen and oxygen atoms in total. The lowest BCUT2D eigenvalue weighted by atomic mass is 10.1. The average molecular weight is 240 g/mol. The number of halogens is 1. The van der Waals surface area contributed by atoms with E-state index in [0.29, 0.717) is 5.56 Å². The summed E-state index contributed by atoms with van der Waals surface area (Å²) in [6, 6.07) is 4.77. The van der Waals surface area contributed by atoms with Gasteiger partial charge in [0, 0.05) is 0 Å². The molecule has 0 saturated carbocycles. The predicted octanol–water partition coefficient (Wildman–Crippen LogP) is 2.40. The number of methoxy groups -OCH3 is 1. The van der Waals surface area contributed by atoms with Crippen LogP contribution in [0.25, 0.3) is 0 Å². The molecule has 1 aromatic rings. The topological polar surface area (TPSA) is 59.3 Å². The molecule has 1 rings (SSSR count). The summed E-state index contributed by atoms with van der Waals surface area (Å²) in [4.78, 5) is 11.6. The monoisotopic (exact) mass is 239 g/mol. The molecule has 0 unspecified atom stereocenters. The SMILES string of the molecule is CCOC(=O)c1c(Cl)cc(C#N)cc1OC. The van der Waals surface area contributed by atoms with Gasteiger partial charge in [-0.3, -0.25) is 0 Å². The van der Waals surface area contributed by atoms with Gasteiger partial charge in [0.25, 0.3) is 0 Å². The zero-order chi connectivity index (χ0) is 12.1. The molecule has 0 bridgehead atoms. The summed E-state index contributed by atoms with van der Waals surface area (Å²) >= 11 is 5.89. The van der Waals surface area contributed by atoms with E-state index in [4.69, 9.17) is 26.3 Å². The second-order valence-electron chi connectivity index (χ2n) is 2.87. The quantitative estimate of drug-likeness (QED) is 0.760. The summed E-state index contributed by atoms with van der Waals surface area (Å²) in [6.45, 7) is 1.94. The van der Waals surface area contributed by atoms with E-state index in [-0.39, 0.29) is 22.9 Å². The van der Waals surface area contributed by atoms with Crippen molar-refractivity contribution in [3.8, 4) is 11.8 Å². The maximum atomic E-state index is 11.6. The standard InChI is InChI=1S/C11H10ClNO3/c1-3-16-11(14)10-8(12)4-7(6-13)5-9(10)15-2/h4-5H,3H2,1-2H3. The molecule has 0 aromatic heterocycles. The molecule has 5 heteroatoms. The summed E-state index contributed by atoms with van der Waals surface area (Å²) in [6.07, 6.45) is 0. The molecular formula is C11H10ClNO3. The van der Waals surface area contributed by atoms with Crippen molar-refractivity contribution in [3.63, 3.8) is 0 Å². The number of carbonyl (C=O) groups is 1. The van der Waals surface area contributed by atoms with E-state index in [2.05, 4.69) is 0 Å². The summed E-state index contributed by atoms with van der Waals surface area (Å²) < 4.78 is 9.84. The van der Waals surface area contributed by atoms with E-state index in [1.54, 1.807) is 6.92 Å². The number of nitrogens with zero attached hydrogens (tertiary/aromatic N) is 1. The fourth-order valence-electron chi connectivity index (χ4n) is 1.21. The summed E-state index contributed by atoms with van der Waals surface area (Å²) in [5.74, 6) is -0.323. The van der Waals surface area contributed by atoms with Crippen molar-refractivity contribution in [1.29, 1.82) is 5.26 Å². The van der Waals surface area contributed by atoms with Crippen LogP contribution in [0.4, 0.5) is 0 Å². The van der Waals surface area contributed by atoms with Gasteiger partial charge < -0.3 is 9.47 Å². The first-order valence-corrected chi connectivity index (χ1v) is 4.96. The van der Waals surface area contributed by atoms with Crippen LogP contribution < -0.4 is 4.74 Å². The predicted molar refractivity (Wildman–Crippen MR) is 58.7 cm³/mol. The van der Waals surface area contributed by atoms with Crippen molar-refractivity contribution in [3.05, 3.63) is 28.3 Å². The highest BCUT2D eigenvalue weighted by molar-refractivity contribution is 6.34. The molecule has 0 fully saturated rings. The highest BCUT2D eigenvalue weighted by Gasteiger charge is 2.18. The fourth-order valence-corrected chi connectivity index (χ4v) is 1.50. The Balaban J connectivity index is 3.28. The second kappa shape index (κ2) is 5.38. The molecule has 0 amide bonds. The Hall–Kier alpha value is -1.73. The third-order valence-electron chi connectivity index (χ3n) is 1.88. The first-order chi connectivity index (χ1) is 7.63. The zero-order valence-corrected chi connectivity index (χ0v) is 9.67. The van der Waals surface area contributed by atoms with Gasteiger partial charge in [-0.1, -0.05) is 11.6 Å². The highest BCUT2D eigenvalue weighted by Crippen LogP contribution is 2.29. The first-order valence-electron chi connectivity index (χ1n) is 4.58. The summed E-state index contributed by atoms with van der Waals surface area (Å²) in [5, 5.41) is 8.88. The van der Waals surface area contributed by atoms with Crippen molar-refractivity contribution in [2.24, 2.45) is 0 Å². The molecule has 16 heavy (non-hydrogen) atoms. The van der Waals surface area contributed by atoms with E-state index >= 15 is 0 Å². The van der Waals surface area contributed by atoms with Crippen molar-refractivity contribution >= 4 is 17.6 Å². The normalized spacial score (nSPS) is 9.38. The van der Waals surface area contributed by atoms with Crippen molar-refractivity contribution in [1.82, 2.24) is 0 Å². The molecule has 0 atom stereocenters. The number of benzene rings is 1. The third-order valence-corrected chi connectivity index (χ3v) is 2.18. The molecule has 0 aliphatic carbocycles. The van der Waals surface area contributed by atoms with Crippen LogP contribution in [0.2, 0.25) is 5.02 Å². The zero-order valence-electron chi connectivity index (χ0n) is 8.91. The Labute approximate surface area is 98.3 Å². The van der Waals surface area contributed by atoms with E-state index in [1.807, 2.05) is 6.07 Å². The molecule has 0 saturated heterocycles.